The van der Waals surface area contributed by atoms with Crippen molar-refractivity contribution in [3.8, 4) is 0 Å². The second-order valence-corrected chi connectivity index (χ2v) is 5.21. The summed E-state index contributed by atoms with van der Waals surface area (Å²) in [6.45, 7) is 7.77. The van der Waals surface area contributed by atoms with Crippen molar-refractivity contribution in [1.82, 2.24) is 10.2 Å². The molecule has 0 radical (unpaired) electrons. The first kappa shape index (κ1) is 11.4. The lowest BCUT2D eigenvalue weighted by molar-refractivity contribution is -0.00479. The molecule has 1 N–H and O–H groups in total. The first-order valence-corrected chi connectivity index (χ1v) is 6.23. The molecule has 0 aromatic heterocycles. The molecule has 2 aliphatic heterocycles. The van der Waals surface area contributed by atoms with Gasteiger partial charge in [-0.1, -0.05) is 6.92 Å². The van der Waals surface area contributed by atoms with E-state index in [-0.39, 0.29) is 0 Å². The van der Waals surface area contributed by atoms with Crippen LogP contribution in [0.5, 0.6) is 0 Å². The molecule has 3 heteroatoms. The van der Waals surface area contributed by atoms with E-state index in [0.717, 1.165) is 31.6 Å². The Morgan fingerprint density at radius 2 is 2.13 bits per heavy atom. The van der Waals surface area contributed by atoms with E-state index in [9.17, 15) is 0 Å². The molecule has 0 aromatic carbocycles. The van der Waals surface area contributed by atoms with Gasteiger partial charge >= 0.3 is 0 Å². The smallest absolute Gasteiger partial charge is 0.0637 e. The molecule has 2 rings (SSSR count). The van der Waals surface area contributed by atoms with Crippen LogP contribution in [-0.4, -0.2) is 49.8 Å². The summed E-state index contributed by atoms with van der Waals surface area (Å²) in [5.74, 6) is 0.847. The van der Waals surface area contributed by atoms with Crippen LogP contribution in [0, 0.1) is 5.92 Å². The highest BCUT2D eigenvalue weighted by atomic mass is 16.5. The van der Waals surface area contributed by atoms with Crippen LogP contribution in [0.25, 0.3) is 0 Å². The molecule has 0 aliphatic carbocycles. The molecule has 0 saturated carbocycles. The fourth-order valence-electron chi connectivity index (χ4n) is 3.18. The highest BCUT2D eigenvalue weighted by molar-refractivity contribution is 4.92. The molecule has 2 saturated heterocycles. The van der Waals surface area contributed by atoms with Gasteiger partial charge in [0, 0.05) is 31.3 Å². The Balaban J connectivity index is 2.01. The van der Waals surface area contributed by atoms with Crippen molar-refractivity contribution in [1.29, 1.82) is 0 Å². The minimum absolute atomic E-state index is 0.587. The molecule has 0 bridgehead atoms. The van der Waals surface area contributed by atoms with Crippen LogP contribution >= 0.6 is 0 Å². The van der Waals surface area contributed by atoms with Crippen LogP contribution in [0.4, 0.5) is 0 Å². The van der Waals surface area contributed by atoms with E-state index in [2.05, 4.69) is 31.1 Å². The molecular weight excluding hydrogens is 188 g/mol. The van der Waals surface area contributed by atoms with Crippen molar-refractivity contribution in [3.63, 3.8) is 0 Å². The summed E-state index contributed by atoms with van der Waals surface area (Å²) >= 11 is 0. The predicted octanol–water partition coefficient (Wildman–Crippen LogP) is 1.09. The molecule has 2 fully saturated rings. The Morgan fingerprint density at radius 3 is 2.73 bits per heavy atom. The van der Waals surface area contributed by atoms with Crippen LogP contribution in [-0.2, 0) is 4.74 Å². The maximum Gasteiger partial charge on any atom is 0.0637 e. The zero-order valence-corrected chi connectivity index (χ0v) is 10.2. The molecule has 0 aromatic rings. The van der Waals surface area contributed by atoms with Crippen LogP contribution in [0.1, 0.15) is 26.7 Å². The zero-order chi connectivity index (χ0) is 10.8. The van der Waals surface area contributed by atoms with Gasteiger partial charge in [-0.25, -0.2) is 0 Å². The van der Waals surface area contributed by atoms with Crippen LogP contribution in [0.15, 0.2) is 0 Å². The monoisotopic (exact) mass is 212 g/mol. The highest BCUT2D eigenvalue weighted by Crippen LogP contribution is 2.27. The number of nitrogens with one attached hydrogen (secondary N) is 1. The molecule has 2 aliphatic rings. The Hall–Kier alpha value is -0.120. The van der Waals surface area contributed by atoms with Gasteiger partial charge in [-0.05, 0) is 32.7 Å². The maximum atomic E-state index is 5.63. The lowest BCUT2D eigenvalue weighted by atomic mass is 10.0. The second-order valence-electron chi connectivity index (χ2n) is 5.21. The predicted molar refractivity (Wildman–Crippen MR) is 62.0 cm³/mol. The number of likely N-dealkylation sites (N-methyl/N-ethyl adjacent to an activating group) is 1. The largest absolute Gasteiger partial charge is 0.380 e. The summed E-state index contributed by atoms with van der Waals surface area (Å²) in [5, 5.41) is 3.44. The summed E-state index contributed by atoms with van der Waals surface area (Å²) in [7, 11) is 2.08. The van der Waals surface area contributed by atoms with Crippen LogP contribution in [0.2, 0.25) is 0 Å². The lowest BCUT2D eigenvalue weighted by Crippen LogP contribution is -2.55. The van der Waals surface area contributed by atoms with E-state index in [1.807, 2.05) is 0 Å². The molecule has 3 nitrogen and oxygen atoms in total. The summed E-state index contributed by atoms with van der Waals surface area (Å²) < 4.78 is 5.63. The summed E-state index contributed by atoms with van der Waals surface area (Å²) in [6, 6.07) is 1.93. The molecule has 4 atom stereocenters. The molecule has 15 heavy (non-hydrogen) atoms. The van der Waals surface area contributed by atoms with E-state index in [0.29, 0.717) is 12.1 Å². The Bertz CT molecular complexity index is 210. The quantitative estimate of drug-likeness (QED) is 0.741. The Kier molecular flexibility index (Phi) is 3.65. The minimum atomic E-state index is 0.587. The fraction of sp³-hybridized carbons (Fsp3) is 1.00. The van der Waals surface area contributed by atoms with E-state index < -0.39 is 0 Å². The maximum absolute atomic E-state index is 5.63. The van der Waals surface area contributed by atoms with Crippen molar-refractivity contribution in [2.45, 2.75) is 44.8 Å². The highest BCUT2D eigenvalue weighted by Gasteiger charge is 2.36. The van der Waals surface area contributed by atoms with Crippen molar-refractivity contribution < 1.29 is 4.74 Å². The van der Waals surface area contributed by atoms with Gasteiger partial charge in [0.2, 0.25) is 0 Å². The Morgan fingerprint density at radius 1 is 1.33 bits per heavy atom. The average molecular weight is 212 g/mol. The number of hydrogen-bond acceptors (Lipinski definition) is 3. The number of rotatable bonds is 2. The van der Waals surface area contributed by atoms with Gasteiger partial charge in [-0.3, -0.25) is 4.90 Å². The zero-order valence-electron chi connectivity index (χ0n) is 10.2. The van der Waals surface area contributed by atoms with Crippen molar-refractivity contribution in [3.05, 3.63) is 0 Å². The lowest BCUT2D eigenvalue weighted by Gasteiger charge is -2.39. The second kappa shape index (κ2) is 4.81. The third-order valence-electron chi connectivity index (χ3n) is 3.96. The topological polar surface area (TPSA) is 24.5 Å². The standard InChI is InChI=1S/C12H24N2O/c1-9-6-10(2)14(7-9)12-8-15-5-4-11(12)13-3/h9-13H,4-8H2,1-3H3. The van der Waals surface area contributed by atoms with Gasteiger partial charge in [0.05, 0.1) is 6.61 Å². The number of nitrogens with zero attached hydrogens (tertiary/aromatic N) is 1. The van der Waals surface area contributed by atoms with Gasteiger partial charge in [0.1, 0.15) is 0 Å². The number of ether oxygens (including phenoxy) is 1. The molecular formula is C12H24N2O. The normalized spacial score (nSPS) is 43.4. The van der Waals surface area contributed by atoms with Gasteiger partial charge in [-0.15, -0.1) is 0 Å². The summed E-state index contributed by atoms with van der Waals surface area (Å²) in [6.07, 6.45) is 2.49. The Labute approximate surface area is 93.2 Å². The molecule has 4 unspecified atom stereocenters. The first-order chi connectivity index (χ1) is 7.22. The SMILES string of the molecule is CNC1CCOCC1N1CC(C)CC1C. The van der Waals surface area contributed by atoms with Gasteiger partial charge < -0.3 is 10.1 Å². The van der Waals surface area contributed by atoms with E-state index in [1.165, 1.54) is 13.0 Å². The first-order valence-electron chi connectivity index (χ1n) is 6.23. The van der Waals surface area contributed by atoms with Crippen molar-refractivity contribution in [2.75, 3.05) is 26.8 Å². The summed E-state index contributed by atoms with van der Waals surface area (Å²) in [5.41, 5.74) is 0. The average Bonchev–Trinajstić information content (AvgIpc) is 2.57. The molecule has 2 heterocycles. The molecule has 88 valence electrons. The van der Waals surface area contributed by atoms with Gasteiger partial charge in [0.15, 0.2) is 0 Å². The van der Waals surface area contributed by atoms with Gasteiger partial charge in [0.25, 0.3) is 0 Å². The fourth-order valence-corrected chi connectivity index (χ4v) is 3.18. The number of likely N-dealkylation sites (tertiary alicyclic amines) is 1. The third-order valence-corrected chi connectivity index (χ3v) is 3.96. The van der Waals surface area contributed by atoms with E-state index in [4.69, 9.17) is 4.74 Å². The van der Waals surface area contributed by atoms with E-state index >= 15 is 0 Å². The van der Waals surface area contributed by atoms with E-state index in [1.54, 1.807) is 0 Å². The van der Waals surface area contributed by atoms with Crippen LogP contribution in [0.3, 0.4) is 0 Å². The van der Waals surface area contributed by atoms with Crippen LogP contribution < -0.4 is 5.32 Å². The van der Waals surface area contributed by atoms with Gasteiger partial charge in [-0.2, -0.15) is 0 Å². The minimum Gasteiger partial charge on any atom is -0.380 e. The summed E-state index contributed by atoms with van der Waals surface area (Å²) in [4.78, 5) is 2.64. The third kappa shape index (κ3) is 2.35. The molecule has 0 spiro atoms. The molecule has 0 amide bonds. The van der Waals surface area contributed by atoms with Crippen molar-refractivity contribution >= 4 is 0 Å². The van der Waals surface area contributed by atoms with Crippen molar-refractivity contribution in [2.24, 2.45) is 5.92 Å². The number of hydrogen-bond donors (Lipinski definition) is 1.